The molecule has 0 heterocycles. The molecule has 0 aromatic carbocycles. The quantitative estimate of drug-likeness (QED) is 0.486. The maximum absolute atomic E-state index is 3.69. The van der Waals surface area contributed by atoms with Gasteiger partial charge in [-0.3, -0.25) is 0 Å². The highest BCUT2D eigenvalue weighted by molar-refractivity contribution is 6.97. The Morgan fingerprint density at radius 1 is 0.647 bits per heavy atom. The first-order valence-corrected chi connectivity index (χ1v) is 8.69. The van der Waals surface area contributed by atoms with Crippen LogP contribution in [0.15, 0.2) is 87.1 Å². The van der Waals surface area contributed by atoms with Crippen LogP contribution in [0.4, 0.5) is 0 Å². The van der Waals surface area contributed by atoms with Crippen LogP contribution in [-0.2, 0) is 0 Å². The van der Waals surface area contributed by atoms with Crippen LogP contribution in [0, 0.1) is 0 Å². The summed E-state index contributed by atoms with van der Waals surface area (Å²) in [6.07, 6.45) is 5.62. The predicted molar refractivity (Wildman–Crippen MR) is 89.8 cm³/mol. The smallest absolute Gasteiger partial charge is 0.106 e. The molecule has 0 unspecified atom stereocenters. The Kier molecular flexibility index (Phi) is 9.24. The molecule has 0 nitrogen and oxygen atoms in total. The Morgan fingerprint density at radius 3 is 0.882 bits per heavy atom. The topological polar surface area (TPSA) is 0 Å². The minimum absolute atomic E-state index is 0.0556. The van der Waals surface area contributed by atoms with Crippen LogP contribution in [0.25, 0.3) is 0 Å². The Labute approximate surface area is 111 Å². The third kappa shape index (κ3) is 6.04. The number of hydrogen-bond acceptors (Lipinski definition) is 0. The molecule has 92 valence electrons. The van der Waals surface area contributed by atoms with Crippen molar-refractivity contribution in [3.8, 4) is 0 Å². The van der Waals surface area contributed by atoms with Gasteiger partial charge in [-0.15, -0.1) is 46.1 Å². The van der Waals surface area contributed by atoms with Gasteiger partial charge in [-0.25, -0.2) is 0 Å². The molecule has 17 heavy (non-hydrogen) atoms. The van der Waals surface area contributed by atoms with Gasteiger partial charge < -0.3 is 0 Å². The van der Waals surface area contributed by atoms with E-state index in [-0.39, 0.29) is 5.04 Å². The molecule has 0 spiro atoms. The van der Waals surface area contributed by atoms with Gasteiger partial charge in [0.15, 0.2) is 0 Å². The summed E-state index contributed by atoms with van der Waals surface area (Å²) in [4.78, 5) is 0. The summed E-state index contributed by atoms with van der Waals surface area (Å²) in [6, 6.07) is 0. The van der Waals surface area contributed by atoms with Crippen LogP contribution in [0.1, 0.15) is 0 Å². The lowest BCUT2D eigenvalue weighted by Crippen LogP contribution is -2.22. The van der Waals surface area contributed by atoms with Crippen molar-refractivity contribution < 1.29 is 0 Å². The highest BCUT2D eigenvalue weighted by Gasteiger charge is 2.14. The lowest BCUT2D eigenvalue weighted by molar-refractivity contribution is 1.11. The molecule has 0 aromatic heterocycles. The fourth-order valence-corrected chi connectivity index (χ4v) is 1.75. The molecular weight excluding hydrogens is 236 g/mol. The predicted octanol–water partition coefficient (Wildman–Crippen LogP) is 3.40. The van der Waals surface area contributed by atoms with Gasteiger partial charge in [0.2, 0.25) is 0 Å². The van der Waals surface area contributed by atoms with Gasteiger partial charge in [-0.05, 0) is 0 Å². The van der Waals surface area contributed by atoms with Crippen molar-refractivity contribution in [3.05, 3.63) is 87.1 Å². The standard InChI is InChI=1S/C8H12Si.C7H12Si/c1-5-9(6-2,7-3)8-4;1-4-7(8,5-2)6-3/h5-8H,1-4H2;4-6H,1-3H2,8H3. The summed E-state index contributed by atoms with van der Waals surface area (Å²) in [6.45, 7) is 25.8. The highest BCUT2D eigenvalue weighted by atomic mass is 28.3. The molecule has 0 saturated heterocycles. The van der Waals surface area contributed by atoms with Gasteiger partial charge in [0.05, 0.1) is 0 Å². The average molecular weight is 261 g/mol. The fourth-order valence-electron chi connectivity index (χ4n) is 0.750. The van der Waals surface area contributed by atoms with Crippen molar-refractivity contribution in [2.75, 3.05) is 0 Å². The zero-order chi connectivity index (χ0) is 13.9. The van der Waals surface area contributed by atoms with Gasteiger partial charge in [-0.1, -0.05) is 41.0 Å². The maximum atomic E-state index is 3.69. The average Bonchev–Trinajstić information content (AvgIpc) is 2.42. The van der Waals surface area contributed by atoms with Gasteiger partial charge >= 0.3 is 0 Å². The summed E-state index contributed by atoms with van der Waals surface area (Å²) < 4.78 is 0. The van der Waals surface area contributed by atoms with Crippen molar-refractivity contribution in [2.45, 2.75) is 5.04 Å². The Balaban J connectivity index is 0. The molecule has 0 aromatic rings. The SMILES string of the molecule is C=CC([SiH3])(C=C)C=C.C=C[Si](C=C)(C=C)C=C. The molecule has 0 atom stereocenters. The van der Waals surface area contributed by atoms with Crippen LogP contribution < -0.4 is 0 Å². The molecule has 0 aliphatic carbocycles. The van der Waals surface area contributed by atoms with E-state index in [1.54, 1.807) is 0 Å². The minimum atomic E-state index is -1.64. The molecule has 0 fully saturated rings. The van der Waals surface area contributed by atoms with Gasteiger partial charge in [0.1, 0.15) is 8.07 Å². The van der Waals surface area contributed by atoms with Gasteiger partial charge in [-0.2, -0.15) is 0 Å². The summed E-state index contributed by atoms with van der Waals surface area (Å²) in [5.74, 6) is 0. The molecule has 2 heteroatoms. The van der Waals surface area contributed by atoms with Crippen LogP contribution in [0.2, 0.25) is 5.04 Å². The van der Waals surface area contributed by atoms with E-state index in [1.807, 2.05) is 41.0 Å². The fraction of sp³-hybridized carbons (Fsp3) is 0.0667. The normalized spacial score (nSPS) is 10.1. The van der Waals surface area contributed by atoms with Crippen molar-refractivity contribution in [1.82, 2.24) is 0 Å². The first kappa shape index (κ1) is 18.0. The molecule has 0 rings (SSSR count). The van der Waals surface area contributed by atoms with E-state index in [4.69, 9.17) is 0 Å². The molecular formula is C15H24Si2. The van der Waals surface area contributed by atoms with Gasteiger partial charge in [0, 0.05) is 15.3 Å². The summed E-state index contributed by atoms with van der Waals surface area (Å²) >= 11 is 0. The lowest BCUT2D eigenvalue weighted by Gasteiger charge is -2.13. The molecule has 0 amide bonds. The Hall–Kier alpha value is -1.39. The second kappa shape index (κ2) is 8.73. The first-order valence-electron chi connectivity index (χ1n) is 5.38. The van der Waals surface area contributed by atoms with E-state index < -0.39 is 8.07 Å². The Morgan fingerprint density at radius 2 is 0.882 bits per heavy atom. The van der Waals surface area contributed by atoms with Crippen LogP contribution in [0.3, 0.4) is 0 Å². The summed E-state index contributed by atoms with van der Waals surface area (Å²) in [5, 5.41) is 0.0556. The molecule has 0 aliphatic heterocycles. The summed E-state index contributed by atoms with van der Waals surface area (Å²) in [7, 11) is -0.620. The largest absolute Gasteiger partial charge is 0.148 e. The van der Waals surface area contributed by atoms with Crippen molar-refractivity contribution in [3.63, 3.8) is 0 Å². The summed E-state index contributed by atoms with van der Waals surface area (Å²) in [5.41, 5.74) is 7.56. The Bertz CT molecular complexity index is 265. The van der Waals surface area contributed by atoms with Gasteiger partial charge in [0.25, 0.3) is 0 Å². The van der Waals surface area contributed by atoms with E-state index in [0.717, 1.165) is 10.2 Å². The molecule has 0 saturated carbocycles. The molecule has 0 N–H and O–H groups in total. The minimum Gasteiger partial charge on any atom is -0.106 e. The molecule has 0 radical (unpaired) electrons. The van der Waals surface area contributed by atoms with E-state index in [0.29, 0.717) is 0 Å². The maximum Gasteiger partial charge on any atom is 0.148 e. The van der Waals surface area contributed by atoms with E-state index >= 15 is 0 Å². The second-order valence-electron chi connectivity index (χ2n) is 3.79. The number of allylic oxidation sites excluding steroid dienone is 3. The molecule has 0 bridgehead atoms. The van der Waals surface area contributed by atoms with E-state index in [1.165, 1.54) is 0 Å². The zero-order valence-electron chi connectivity index (χ0n) is 11.0. The number of hydrogen-bond donors (Lipinski definition) is 0. The monoisotopic (exact) mass is 260 g/mol. The van der Waals surface area contributed by atoms with Crippen LogP contribution in [0.5, 0.6) is 0 Å². The first-order chi connectivity index (χ1) is 7.92. The van der Waals surface area contributed by atoms with Crippen molar-refractivity contribution in [1.29, 1.82) is 0 Å². The third-order valence-corrected chi connectivity index (χ3v) is 6.79. The number of rotatable bonds is 7. The molecule has 0 aliphatic rings. The third-order valence-electron chi connectivity index (χ3n) is 2.73. The van der Waals surface area contributed by atoms with Crippen molar-refractivity contribution in [2.24, 2.45) is 0 Å². The second-order valence-corrected chi connectivity index (χ2v) is 9.16. The highest BCUT2D eigenvalue weighted by Crippen LogP contribution is 2.23. The van der Waals surface area contributed by atoms with Crippen LogP contribution >= 0.6 is 0 Å². The zero-order valence-corrected chi connectivity index (χ0v) is 14.0. The van der Waals surface area contributed by atoms with Crippen molar-refractivity contribution >= 4 is 18.3 Å². The lowest BCUT2D eigenvalue weighted by atomic mass is 10.1. The van der Waals surface area contributed by atoms with E-state index in [2.05, 4.69) is 46.1 Å². The van der Waals surface area contributed by atoms with E-state index in [9.17, 15) is 0 Å². The van der Waals surface area contributed by atoms with Crippen LogP contribution in [-0.4, -0.2) is 18.3 Å².